The van der Waals surface area contributed by atoms with Gasteiger partial charge in [-0.2, -0.15) is 8.42 Å². The first-order chi connectivity index (χ1) is 9.38. The number of ether oxygens (including phenoxy) is 2. The van der Waals surface area contributed by atoms with E-state index in [9.17, 15) is 8.42 Å². The summed E-state index contributed by atoms with van der Waals surface area (Å²) in [5.41, 5.74) is 0.866. The number of benzene rings is 1. The average Bonchev–Trinajstić information content (AvgIpc) is 2.38. The Morgan fingerprint density at radius 3 is 2.25 bits per heavy atom. The summed E-state index contributed by atoms with van der Waals surface area (Å²) in [4.78, 5) is -0.116. The van der Waals surface area contributed by atoms with Gasteiger partial charge in [0, 0.05) is 6.61 Å². The van der Waals surface area contributed by atoms with Gasteiger partial charge in [-0.1, -0.05) is 25.5 Å². The molecule has 6 heteroatoms. The molecule has 0 amide bonds. The third-order valence-corrected chi connectivity index (χ3v) is 3.73. The van der Waals surface area contributed by atoms with E-state index in [4.69, 9.17) is 14.0 Å². The molecule has 0 heterocycles. The van der Waals surface area contributed by atoms with Gasteiger partial charge >= 0.3 is 0 Å². The number of hydrogen-bond donors (Lipinski definition) is 1. The summed E-state index contributed by atoms with van der Waals surface area (Å²) < 4.78 is 42.1. The van der Waals surface area contributed by atoms with E-state index >= 15 is 0 Å². The minimum Gasteiger partial charge on any atom is -0.353 e. The highest BCUT2D eigenvalue weighted by molar-refractivity contribution is 7.85. The van der Waals surface area contributed by atoms with Crippen LogP contribution in [0.15, 0.2) is 29.2 Å². The van der Waals surface area contributed by atoms with Crippen LogP contribution in [0.1, 0.15) is 45.3 Å². The second kappa shape index (κ2) is 7.73. The molecule has 2 unspecified atom stereocenters. The number of hydrogen-bond acceptors (Lipinski definition) is 4. The minimum atomic E-state index is -4.15. The van der Waals surface area contributed by atoms with Gasteiger partial charge in [-0.15, -0.1) is 0 Å². The maximum Gasteiger partial charge on any atom is 0.294 e. The Morgan fingerprint density at radius 2 is 1.80 bits per heavy atom. The lowest BCUT2D eigenvalue weighted by atomic mass is 10.1. The Kier molecular flexibility index (Phi) is 6.61. The fourth-order valence-corrected chi connectivity index (χ4v) is 2.42. The zero-order chi connectivity index (χ0) is 15.2. The van der Waals surface area contributed by atoms with Crippen LogP contribution >= 0.6 is 0 Å². The van der Waals surface area contributed by atoms with Crippen molar-refractivity contribution in [2.24, 2.45) is 0 Å². The summed E-state index contributed by atoms with van der Waals surface area (Å²) in [6.45, 7) is 6.35. The van der Waals surface area contributed by atoms with Crippen molar-refractivity contribution in [1.82, 2.24) is 0 Å². The second-order valence-corrected chi connectivity index (χ2v) is 5.90. The SMILES string of the molecule is CCCC(OC(C)OCC)c1ccc(S(=O)(=O)O)cc1. The highest BCUT2D eigenvalue weighted by Crippen LogP contribution is 2.25. The van der Waals surface area contributed by atoms with E-state index in [1.54, 1.807) is 12.1 Å². The topological polar surface area (TPSA) is 72.8 Å². The molecule has 0 radical (unpaired) electrons. The van der Waals surface area contributed by atoms with E-state index in [2.05, 4.69) is 0 Å². The molecule has 2 atom stereocenters. The Bertz CT molecular complexity index is 495. The van der Waals surface area contributed by atoms with Gasteiger partial charge in [0.15, 0.2) is 6.29 Å². The molecule has 1 N–H and O–H groups in total. The van der Waals surface area contributed by atoms with E-state index < -0.39 is 10.1 Å². The van der Waals surface area contributed by atoms with Crippen molar-refractivity contribution >= 4 is 10.1 Å². The molecule has 0 saturated heterocycles. The molecule has 0 spiro atoms. The highest BCUT2D eigenvalue weighted by Gasteiger charge is 2.16. The first kappa shape index (κ1) is 17.1. The summed E-state index contributed by atoms with van der Waals surface area (Å²) in [5, 5.41) is 0. The van der Waals surface area contributed by atoms with Crippen LogP contribution in [0.2, 0.25) is 0 Å². The maximum absolute atomic E-state index is 11.0. The summed E-state index contributed by atoms with van der Waals surface area (Å²) >= 11 is 0. The van der Waals surface area contributed by atoms with Crippen molar-refractivity contribution in [3.05, 3.63) is 29.8 Å². The van der Waals surface area contributed by atoms with Crippen molar-refractivity contribution in [1.29, 1.82) is 0 Å². The van der Waals surface area contributed by atoms with Crippen molar-refractivity contribution in [3.8, 4) is 0 Å². The summed E-state index contributed by atoms with van der Waals surface area (Å²) in [6, 6.07) is 6.06. The summed E-state index contributed by atoms with van der Waals surface area (Å²) in [5.74, 6) is 0. The highest BCUT2D eigenvalue weighted by atomic mass is 32.2. The van der Waals surface area contributed by atoms with Crippen molar-refractivity contribution < 1.29 is 22.4 Å². The first-order valence-corrected chi connectivity index (χ1v) is 8.17. The van der Waals surface area contributed by atoms with Crippen LogP contribution in [0.4, 0.5) is 0 Å². The molecule has 0 aromatic heterocycles. The molecule has 20 heavy (non-hydrogen) atoms. The Morgan fingerprint density at radius 1 is 1.20 bits per heavy atom. The van der Waals surface area contributed by atoms with Crippen LogP contribution in [0.5, 0.6) is 0 Å². The molecule has 5 nitrogen and oxygen atoms in total. The largest absolute Gasteiger partial charge is 0.353 e. The lowest BCUT2D eigenvalue weighted by Gasteiger charge is -2.22. The van der Waals surface area contributed by atoms with Gasteiger partial charge in [-0.25, -0.2) is 0 Å². The van der Waals surface area contributed by atoms with Crippen molar-refractivity contribution in [2.45, 2.75) is 50.9 Å². The third kappa shape index (κ3) is 5.20. The molecule has 0 aliphatic heterocycles. The molecular weight excluding hydrogens is 280 g/mol. The normalized spacial score (nSPS) is 15.0. The number of rotatable bonds is 8. The lowest BCUT2D eigenvalue weighted by Crippen LogP contribution is -2.17. The predicted molar refractivity (Wildman–Crippen MR) is 76.1 cm³/mol. The van der Waals surface area contributed by atoms with Gasteiger partial charge < -0.3 is 9.47 Å². The molecule has 0 aliphatic rings. The Labute approximate surface area is 120 Å². The minimum absolute atomic E-state index is 0.116. The second-order valence-electron chi connectivity index (χ2n) is 4.48. The average molecular weight is 302 g/mol. The van der Waals surface area contributed by atoms with E-state index in [0.717, 1.165) is 18.4 Å². The third-order valence-electron chi connectivity index (χ3n) is 2.86. The maximum atomic E-state index is 11.0. The molecule has 1 aromatic carbocycles. The molecule has 0 saturated carbocycles. The van der Waals surface area contributed by atoms with E-state index in [1.165, 1.54) is 12.1 Å². The van der Waals surface area contributed by atoms with Crippen LogP contribution in [0, 0.1) is 0 Å². The quantitative estimate of drug-likeness (QED) is 0.590. The molecular formula is C14H22O5S. The predicted octanol–water partition coefficient (Wildman–Crippen LogP) is 3.17. The van der Waals surface area contributed by atoms with Gasteiger partial charge in [0.1, 0.15) is 0 Å². The van der Waals surface area contributed by atoms with Gasteiger partial charge in [0.2, 0.25) is 0 Å². The zero-order valence-corrected chi connectivity index (χ0v) is 12.9. The first-order valence-electron chi connectivity index (χ1n) is 6.73. The molecule has 1 rings (SSSR count). The molecule has 0 bridgehead atoms. The summed E-state index contributed by atoms with van der Waals surface area (Å²) in [7, 11) is -4.15. The van der Waals surface area contributed by atoms with E-state index in [0.29, 0.717) is 6.61 Å². The zero-order valence-electron chi connectivity index (χ0n) is 12.1. The lowest BCUT2D eigenvalue weighted by molar-refractivity contribution is -0.160. The molecule has 0 fully saturated rings. The standard InChI is InChI=1S/C14H22O5S/c1-4-6-14(19-11(3)18-5-2)12-7-9-13(10-8-12)20(15,16)17/h7-11,14H,4-6H2,1-3H3,(H,15,16,17). The van der Waals surface area contributed by atoms with Gasteiger partial charge in [-0.3, -0.25) is 4.55 Å². The fraction of sp³-hybridized carbons (Fsp3) is 0.571. The monoisotopic (exact) mass is 302 g/mol. The van der Waals surface area contributed by atoms with E-state index in [-0.39, 0.29) is 17.3 Å². The molecule has 0 aliphatic carbocycles. The molecule has 114 valence electrons. The molecule has 1 aromatic rings. The van der Waals surface area contributed by atoms with Crippen molar-refractivity contribution in [2.75, 3.05) is 6.61 Å². The fourth-order valence-electron chi connectivity index (χ4n) is 1.94. The van der Waals surface area contributed by atoms with Gasteiger partial charge in [0.05, 0.1) is 11.0 Å². The van der Waals surface area contributed by atoms with Crippen LogP contribution in [-0.4, -0.2) is 25.9 Å². The van der Waals surface area contributed by atoms with Gasteiger partial charge in [-0.05, 0) is 38.0 Å². The van der Waals surface area contributed by atoms with Gasteiger partial charge in [0.25, 0.3) is 10.1 Å². The summed E-state index contributed by atoms with van der Waals surface area (Å²) in [6.07, 6.45) is 1.27. The Balaban J connectivity index is 2.86. The van der Waals surface area contributed by atoms with Crippen molar-refractivity contribution in [3.63, 3.8) is 0 Å². The van der Waals surface area contributed by atoms with Crippen LogP contribution in [-0.2, 0) is 19.6 Å². The van der Waals surface area contributed by atoms with Crippen LogP contribution in [0.25, 0.3) is 0 Å². The Hall–Kier alpha value is -0.950. The van der Waals surface area contributed by atoms with E-state index in [1.807, 2.05) is 20.8 Å². The van der Waals surface area contributed by atoms with Crippen LogP contribution in [0.3, 0.4) is 0 Å². The smallest absolute Gasteiger partial charge is 0.294 e. The van der Waals surface area contributed by atoms with Crippen LogP contribution < -0.4 is 0 Å².